The number of para-hydroxylation sites is 1. The first-order chi connectivity index (χ1) is 33.1. The molecule has 6 aromatic carbocycles. The molecular weight excluding hydrogens is 926 g/mol. The molecule has 0 bridgehead atoms. The van der Waals surface area contributed by atoms with Gasteiger partial charge in [0.2, 0.25) is 0 Å². The van der Waals surface area contributed by atoms with Crippen LogP contribution in [0, 0.1) is 12.9 Å². The van der Waals surface area contributed by atoms with Crippen LogP contribution in [-0.4, -0.2) is 19.6 Å². The van der Waals surface area contributed by atoms with Crippen molar-refractivity contribution in [2.75, 3.05) is 0 Å². The van der Waals surface area contributed by atoms with Crippen molar-refractivity contribution in [1.29, 1.82) is 0 Å². The third-order valence-electron chi connectivity index (χ3n) is 11.0. The largest absolute Gasteiger partial charge is 0.507 e. The van der Waals surface area contributed by atoms with Crippen molar-refractivity contribution in [3.63, 3.8) is 0 Å². The zero-order valence-corrected chi connectivity index (χ0v) is 38.2. The van der Waals surface area contributed by atoms with Crippen LogP contribution in [0.5, 0.6) is 5.75 Å². The molecule has 2 aromatic heterocycles. The van der Waals surface area contributed by atoms with Crippen LogP contribution in [-0.2, 0) is 26.5 Å². The zero-order valence-electron chi connectivity index (χ0n) is 46.9. The van der Waals surface area contributed by atoms with Gasteiger partial charge in [-0.25, -0.2) is 4.98 Å². The van der Waals surface area contributed by atoms with Gasteiger partial charge in [0.05, 0.1) is 31.9 Å². The van der Waals surface area contributed by atoms with E-state index in [2.05, 4.69) is 35.5 Å². The van der Waals surface area contributed by atoms with Gasteiger partial charge in [-0.05, 0) is 93.7 Å². The van der Waals surface area contributed by atoms with Gasteiger partial charge in [-0.1, -0.05) is 164 Å². The Labute approximate surface area is 392 Å². The SMILES string of the molecule is [2H]c1nc(-c2[c-]c(-c3cccc4c3nc(-c3cc(C(C)C)cc(C(C)C)c3O)n4-c3ccc(C([2H])(C)C)cc3-c3ccccc3)cc(C(C)(C)C)c2)c([2H])c(-c2c([2H])c([2H])c(C([2H])([2H])[2H])c([2H])c2[2H])c1[2H].[Pt]. The molecule has 0 aliphatic heterocycles. The van der Waals surface area contributed by atoms with Gasteiger partial charge in [0.25, 0.3) is 0 Å². The molecule has 8 rings (SSSR count). The van der Waals surface area contributed by atoms with Gasteiger partial charge in [0.1, 0.15) is 11.6 Å². The Morgan fingerprint density at radius 3 is 2.11 bits per heavy atom. The van der Waals surface area contributed by atoms with E-state index in [0.717, 1.165) is 39.1 Å². The van der Waals surface area contributed by atoms with Crippen molar-refractivity contribution in [3.8, 4) is 67.5 Å². The van der Waals surface area contributed by atoms with Crippen LogP contribution < -0.4 is 0 Å². The summed E-state index contributed by atoms with van der Waals surface area (Å²) in [7, 11) is 0. The Balaban J connectivity index is 0.00000760. The smallest absolute Gasteiger partial charge is 0.148 e. The predicted molar refractivity (Wildman–Crippen MR) is 252 cm³/mol. The number of aromatic hydroxyl groups is 1. The summed E-state index contributed by atoms with van der Waals surface area (Å²) in [5.41, 5.74) is 6.90. The second kappa shape index (κ2) is 17.4. The topological polar surface area (TPSA) is 50.9 Å². The minimum atomic E-state index is -2.97. The molecule has 61 heavy (non-hydrogen) atoms. The van der Waals surface area contributed by atoms with E-state index in [-0.39, 0.29) is 49.9 Å². The number of fused-ring (bicyclic) bond motifs is 1. The second-order valence-corrected chi connectivity index (χ2v) is 17.3. The number of rotatable bonds is 9. The number of imidazole rings is 1. The van der Waals surface area contributed by atoms with E-state index in [9.17, 15) is 6.48 Å². The van der Waals surface area contributed by atoms with Gasteiger partial charge in [0, 0.05) is 44.0 Å². The number of hydrogen-bond acceptors (Lipinski definition) is 3. The Morgan fingerprint density at radius 2 is 1.44 bits per heavy atom. The Hall–Kier alpha value is -5.57. The third-order valence-corrected chi connectivity index (χ3v) is 11.0. The molecule has 2 heterocycles. The summed E-state index contributed by atoms with van der Waals surface area (Å²) < 4.78 is 97.0. The van der Waals surface area contributed by atoms with Crippen molar-refractivity contribution >= 4 is 11.0 Å². The van der Waals surface area contributed by atoms with E-state index in [1.165, 1.54) is 0 Å². The molecule has 0 spiro atoms. The second-order valence-electron chi connectivity index (χ2n) is 17.3. The van der Waals surface area contributed by atoms with E-state index in [1.54, 1.807) is 6.07 Å². The average Bonchev–Trinajstić information content (AvgIpc) is 3.69. The van der Waals surface area contributed by atoms with Gasteiger partial charge in [-0.15, -0.1) is 29.3 Å². The molecular formula is C56H56N3OPt-. The van der Waals surface area contributed by atoms with Crippen LogP contribution >= 0.6 is 0 Å². The zero-order chi connectivity index (χ0) is 52.0. The number of benzene rings is 6. The van der Waals surface area contributed by atoms with E-state index < -0.39 is 77.3 Å². The minimum Gasteiger partial charge on any atom is -0.507 e. The molecule has 0 aliphatic rings. The molecule has 4 nitrogen and oxygen atoms in total. The predicted octanol–water partition coefficient (Wildman–Crippen LogP) is 15.2. The number of phenols is 1. The van der Waals surface area contributed by atoms with Crippen LogP contribution in [0.3, 0.4) is 0 Å². The fraction of sp³-hybridized carbons (Fsp3) is 0.250. The summed E-state index contributed by atoms with van der Waals surface area (Å²) in [4.78, 5) is 9.89. The van der Waals surface area contributed by atoms with Crippen LogP contribution in [0.25, 0.3) is 72.7 Å². The van der Waals surface area contributed by atoms with E-state index in [4.69, 9.17) is 18.7 Å². The summed E-state index contributed by atoms with van der Waals surface area (Å²) >= 11 is 0. The molecule has 0 fully saturated rings. The first-order valence-corrected chi connectivity index (χ1v) is 20.4. The fourth-order valence-corrected chi connectivity index (χ4v) is 7.54. The standard InChI is InChI=1S/C56H56N3O.Pt/c1-34(2)40-23-24-51(48(30-40)39-15-12-11-13-16-39)59-52-18-14-17-46(53(52)58-55(59)49-32-42(35(3)4)31-47(36(5)6)54(49)60)43-27-44(29-45(28-43)56(8,9)10)50-33-41(25-26-57-50)38-21-19-37(7)20-22-38;/h11-26,28-36,60H,1-10H3;/q-1;/i7D3,19D,20D,21D,22D,25D,26D,33D,34D;. The normalized spacial score (nSPS) is 14.8. The molecule has 0 radical (unpaired) electrons. The van der Waals surface area contributed by atoms with Crippen molar-refractivity contribution in [1.82, 2.24) is 14.5 Å². The molecule has 312 valence electrons. The summed E-state index contributed by atoms with van der Waals surface area (Å²) in [5, 5.41) is 12.3. The maximum Gasteiger partial charge on any atom is 0.148 e. The number of nitrogens with zero attached hydrogens (tertiary/aromatic N) is 3. The summed E-state index contributed by atoms with van der Waals surface area (Å²) in [6.45, 7) is 15.1. The molecule has 0 unspecified atom stereocenters. The van der Waals surface area contributed by atoms with Gasteiger partial charge >= 0.3 is 0 Å². The molecule has 0 atom stereocenters. The molecule has 0 amide bonds. The minimum absolute atomic E-state index is 0. The summed E-state index contributed by atoms with van der Waals surface area (Å²) in [6, 6.07) is 28.8. The average molecular weight is 993 g/mol. The summed E-state index contributed by atoms with van der Waals surface area (Å²) in [5.74, 6) is -0.230. The molecule has 0 aliphatic carbocycles. The molecule has 1 N–H and O–H groups in total. The first-order valence-electron chi connectivity index (χ1n) is 25.9. The molecule has 0 saturated carbocycles. The Bertz CT molecular complexity index is 3400. The number of hydrogen-bond donors (Lipinski definition) is 1. The van der Waals surface area contributed by atoms with E-state index in [0.29, 0.717) is 33.5 Å². The molecule has 0 saturated heterocycles. The van der Waals surface area contributed by atoms with Gasteiger partial charge in [0.15, 0.2) is 0 Å². The van der Waals surface area contributed by atoms with Crippen molar-refractivity contribution in [3.05, 3.63) is 167 Å². The number of pyridine rings is 1. The first kappa shape index (κ1) is 31.3. The van der Waals surface area contributed by atoms with Gasteiger partial charge < -0.3 is 5.11 Å². The Kier molecular flexibility index (Phi) is 8.94. The van der Waals surface area contributed by atoms with Crippen LogP contribution in [0.1, 0.15) is 123 Å². The third kappa shape index (κ3) is 8.66. The van der Waals surface area contributed by atoms with Crippen molar-refractivity contribution in [2.45, 2.75) is 92.3 Å². The van der Waals surface area contributed by atoms with Gasteiger partial charge in [-0.3, -0.25) is 9.55 Å². The fourth-order valence-electron chi connectivity index (χ4n) is 7.54. The monoisotopic (exact) mass is 992 g/mol. The van der Waals surface area contributed by atoms with E-state index in [1.807, 2.05) is 127 Å². The van der Waals surface area contributed by atoms with Crippen molar-refractivity contribution < 1.29 is 41.3 Å². The van der Waals surface area contributed by atoms with Gasteiger partial charge in [-0.2, -0.15) is 0 Å². The Morgan fingerprint density at radius 1 is 0.721 bits per heavy atom. The van der Waals surface area contributed by atoms with Crippen LogP contribution in [0.2, 0.25) is 0 Å². The maximum absolute atomic E-state index is 12.3. The quantitative estimate of drug-likeness (QED) is 0.147. The van der Waals surface area contributed by atoms with E-state index >= 15 is 0 Å². The molecule has 8 aromatic rings. The molecule has 5 heteroatoms. The maximum atomic E-state index is 12.3. The summed E-state index contributed by atoms with van der Waals surface area (Å²) in [6.07, 6.45) is -0.595. The number of aromatic nitrogens is 3. The van der Waals surface area contributed by atoms with Crippen LogP contribution in [0.15, 0.2) is 133 Å². The number of phenolic OH excluding ortho intramolecular Hbond substituents is 1. The van der Waals surface area contributed by atoms with Crippen molar-refractivity contribution in [2.24, 2.45) is 0 Å². The van der Waals surface area contributed by atoms with Crippen LogP contribution in [0.4, 0.5) is 0 Å².